The van der Waals surface area contributed by atoms with E-state index in [9.17, 15) is 10.1 Å². The average Bonchev–Trinajstić information content (AvgIpc) is 2.67. The Morgan fingerprint density at radius 3 is 2.15 bits per heavy atom. The van der Waals surface area contributed by atoms with Gasteiger partial charge in [-0.3, -0.25) is 10.1 Å². The molecule has 0 aliphatic heterocycles. The fraction of sp³-hybridized carbons (Fsp3) is 0.100. The molecule has 0 atom stereocenters. The zero-order valence-electron chi connectivity index (χ0n) is 14.5. The van der Waals surface area contributed by atoms with Gasteiger partial charge in [-0.05, 0) is 42.0 Å². The van der Waals surface area contributed by atoms with Crippen LogP contribution in [0, 0.1) is 10.1 Å². The molecule has 0 bridgehead atoms. The van der Waals surface area contributed by atoms with E-state index in [1.54, 1.807) is 12.1 Å². The van der Waals surface area contributed by atoms with E-state index in [4.69, 9.17) is 0 Å². The molecular formula is C20H18N4O2. The highest BCUT2D eigenvalue weighted by molar-refractivity contribution is 5.87. The second-order valence-corrected chi connectivity index (χ2v) is 5.91. The number of hydrogen-bond acceptors (Lipinski definition) is 5. The minimum Gasteiger partial charge on any atom is -0.377 e. The predicted octanol–water partition coefficient (Wildman–Crippen LogP) is 5.74. The molecule has 0 fully saturated rings. The van der Waals surface area contributed by atoms with Crippen molar-refractivity contribution in [3.63, 3.8) is 0 Å². The van der Waals surface area contributed by atoms with Gasteiger partial charge in [-0.2, -0.15) is 5.11 Å². The van der Waals surface area contributed by atoms with Crippen molar-refractivity contribution in [1.29, 1.82) is 0 Å². The van der Waals surface area contributed by atoms with Crippen molar-refractivity contribution >= 4 is 22.7 Å². The van der Waals surface area contributed by atoms with Gasteiger partial charge in [0, 0.05) is 37.5 Å². The number of rotatable bonds is 5. The van der Waals surface area contributed by atoms with Gasteiger partial charge in [-0.15, -0.1) is 5.11 Å². The van der Waals surface area contributed by atoms with Crippen LogP contribution in [0.3, 0.4) is 0 Å². The van der Waals surface area contributed by atoms with Crippen LogP contribution in [0.4, 0.5) is 22.7 Å². The lowest BCUT2D eigenvalue weighted by Crippen LogP contribution is -2.09. The van der Waals surface area contributed by atoms with Crippen LogP contribution in [0.5, 0.6) is 0 Å². The Morgan fingerprint density at radius 2 is 1.54 bits per heavy atom. The Labute approximate surface area is 151 Å². The molecule has 3 aromatic carbocycles. The molecule has 0 aromatic heterocycles. The SMILES string of the molecule is CN(C)c1cccc(N=Nc2ccccc2)c1-c1ccc([N+](=O)[O-])cc1. The lowest BCUT2D eigenvalue weighted by Gasteiger charge is -2.19. The molecule has 6 nitrogen and oxygen atoms in total. The van der Waals surface area contributed by atoms with Crippen LogP contribution in [0.15, 0.2) is 83.0 Å². The average molecular weight is 346 g/mol. The van der Waals surface area contributed by atoms with Gasteiger partial charge in [0.05, 0.1) is 16.3 Å². The largest absolute Gasteiger partial charge is 0.377 e. The summed E-state index contributed by atoms with van der Waals surface area (Å²) in [6.07, 6.45) is 0. The standard InChI is InChI=1S/C20H18N4O2/c1-23(2)19-10-6-9-18(22-21-16-7-4-3-5-8-16)20(19)15-11-13-17(14-12-15)24(25)26/h3-14H,1-2H3. The van der Waals surface area contributed by atoms with E-state index in [2.05, 4.69) is 10.2 Å². The van der Waals surface area contributed by atoms with Gasteiger partial charge in [0.15, 0.2) is 0 Å². The molecule has 26 heavy (non-hydrogen) atoms. The van der Waals surface area contributed by atoms with Crippen molar-refractivity contribution in [1.82, 2.24) is 0 Å². The summed E-state index contributed by atoms with van der Waals surface area (Å²) in [5.41, 5.74) is 4.22. The monoisotopic (exact) mass is 346 g/mol. The van der Waals surface area contributed by atoms with Crippen LogP contribution < -0.4 is 4.90 Å². The first kappa shape index (κ1) is 17.3. The zero-order chi connectivity index (χ0) is 18.5. The van der Waals surface area contributed by atoms with E-state index < -0.39 is 4.92 Å². The molecule has 0 radical (unpaired) electrons. The van der Waals surface area contributed by atoms with E-state index in [0.717, 1.165) is 22.5 Å². The third kappa shape index (κ3) is 3.75. The Morgan fingerprint density at radius 1 is 0.846 bits per heavy atom. The molecule has 0 saturated carbocycles. The zero-order valence-corrected chi connectivity index (χ0v) is 14.5. The number of azo groups is 1. The molecule has 0 N–H and O–H groups in total. The summed E-state index contributed by atoms with van der Waals surface area (Å²) in [4.78, 5) is 12.5. The van der Waals surface area contributed by atoms with Crippen molar-refractivity contribution in [3.8, 4) is 11.1 Å². The van der Waals surface area contributed by atoms with Gasteiger partial charge in [-0.25, -0.2) is 0 Å². The van der Waals surface area contributed by atoms with Crippen molar-refractivity contribution < 1.29 is 4.92 Å². The molecule has 0 saturated heterocycles. The number of hydrogen-bond donors (Lipinski definition) is 0. The number of nitrogens with zero attached hydrogens (tertiary/aromatic N) is 4. The first-order chi connectivity index (χ1) is 12.6. The van der Waals surface area contributed by atoms with Crippen molar-refractivity contribution in [2.45, 2.75) is 0 Å². The van der Waals surface area contributed by atoms with Crippen LogP contribution in [-0.2, 0) is 0 Å². The summed E-state index contributed by atoms with van der Waals surface area (Å²) >= 11 is 0. The highest BCUT2D eigenvalue weighted by atomic mass is 16.6. The van der Waals surface area contributed by atoms with Crippen LogP contribution >= 0.6 is 0 Å². The van der Waals surface area contributed by atoms with Crippen LogP contribution in [0.1, 0.15) is 0 Å². The molecule has 0 heterocycles. The van der Waals surface area contributed by atoms with E-state index in [1.165, 1.54) is 12.1 Å². The van der Waals surface area contributed by atoms with Crippen LogP contribution in [0.25, 0.3) is 11.1 Å². The van der Waals surface area contributed by atoms with E-state index >= 15 is 0 Å². The topological polar surface area (TPSA) is 71.1 Å². The van der Waals surface area contributed by atoms with Gasteiger partial charge < -0.3 is 4.90 Å². The van der Waals surface area contributed by atoms with Gasteiger partial charge >= 0.3 is 0 Å². The fourth-order valence-corrected chi connectivity index (χ4v) is 2.64. The second kappa shape index (κ2) is 7.57. The number of non-ortho nitro benzene ring substituents is 1. The molecular weight excluding hydrogens is 328 g/mol. The normalized spacial score (nSPS) is 10.8. The van der Waals surface area contributed by atoms with Crippen molar-refractivity contribution in [2.75, 3.05) is 19.0 Å². The van der Waals surface area contributed by atoms with Gasteiger partial charge in [0.2, 0.25) is 0 Å². The summed E-state index contributed by atoms with van der Waals surface area (Å²) in [6, 6.07) is 21.8. The third-order valence-electron chi connectivity index (χ3n) is 3.90. The van der Waals surface area contributed by atoms with Crippen LogP contribution in [-0.4, -0.2) is 19.0 Å². The smallest absolute Gasteiger partial charge is 0.269 e. The summed E-state index contributed by atoms with van der Waals surface area (Å²) in [5, 5.41) is 19.6. The Bertz CT molecular complexity index is 936. The summed E-state index contributed by atoms with van der Waals surface area (Å²) in [7, 11) is 3.89. The molecule has 0 aliphatic carbocycles. The summed E-state index contributed by atoms with van der Waals surface area (Å²) in [6.45, 7) is 0. The number of nitro benzene ring substituents is 1. The lowest BCUT2D eigenvalue weighted by molar-refractivity contribution is -0.384. The van der Waals surface area contributed by atoms with Crippen LogP contribution in [0.2, 0.25) is 0 Å². The van der Waals surface area contributed by atoms with Crippen molar-refractivity contribution in [3.05, 3.63) is 82.9 Å². The number of nitro groups is 1. The second-order valence-electron chi connectivity index (χ2n) is 5.91. The highest BCUT2D eigenvalue weighted by Gasteiger charge is 2.14. The van der Waals surface area contributed by atoms with E-state index in [0.29, 0.717) is 5.69 Å². The fourth-order valence-electron chi connectivity index (χ4n) is 2.64. The maximum absolute atomic E-state index is 10.9. The number of anilines is 1. The summed E-state index contributed by atoms with van der Waals surface area (Å²) < 4.78 is 0. The molecule has 3 aromatic rings. The first-order valence-corrected chi connectivity index (χ1v) is 8.08. The Balaban J connectivity index is 2.09. The molecule has 6 heteroatoms. The molecule has 0 unspecified atom stereocenters. The Kier molecular flexibility index (Phi) is 5.03. The van der Waals surface area contributed by atoms with E-state index in [1.807, 2.05) is 67.5 Å². The lowest BCUT2D eigenvalue weighted by atomic mass is 10.0. The van der Waals surface area contributed by atoms with Crippen molar-refractivity contribution in [2.24, 2.45) is 10.2 Å². The third-order valence-corrected chi connectivity index (χ3v) is 3.90. The maximum atomic E-state index is 10.9. The highest BCUT2D eigenvalue weighted by Crippen LogP contribution is 2.39. The molecule has 0 aliphatic rings. The van der Waals surface area contributed by atoms with Gasteiger partial charge in [0.1, 0.15) is 0 Å². The first-order valence-electron chi connectivity index (χ1n) is 8.08. The van der Waals surface area contributed by atoms with Gasteiger partial charge in [-0.1, -0.05) is 24.3 Å². The molecule has 0 spiro atoms. The predicted molar refractivity (Wildman–Crippen MR) is 103 cm³/mol. The maximum Gasteiger partial charge on any atom is 0.269 e. The minimum absolute atomic E-state index is 0.0588. The number of benzene rings is 3. The van der Waals surface area contributed by atoms with E-state index in [-0.39, 0.29) is 5.69 Å². The minimum atomic E-state index is -0.405. The Hall–Kier alpha value is -3.54. The molecule has 3 rings (SSSR count). The van der Waals surface area contributed by atoms with Gasteiger partial charge in [0.25, 0.3) is 5.69 Å². The molecule has 130 valence electrons. The summed E-state index contributed by atoms with van der Waals surface area (Å²) in [5.74, 6) is 0. The quantitative estimate of drug-likeness (QED) is 0.336. The molecule has 0 amide bonds.